The molecule has 1 saturated heterocycles. The van der Waals surface area contributed by atoms with Crippen LogP contribution in [0.2, 0.25) is 0 Å². The van der Waals surface area contributed by atoms with Crippen molar-refractivity contribution in [2.45, 2.75) is 46.5 Å². The number of hydrogen-bond acceptors (Lipinski definition) is 3. The first-order chi connectivity index (χ1) is 12.0. The molecule has 1 heterocycles. The van der Waals surface area contributed by atoms with Crippen LogP contribution >= 0.6 is 0 Å². The second-order valence-corrected chi connectivity index (χ2v) is 6.96. The topological polar surface area (TPSA) is 52.7 Å². The van der Waals surface area contributed by atoms with Crippen molar-refractivity contribution in [3.8, 4) is 0 Å². The molecule has 5 nitrogen and oxygen atoms in total. The molecule has 1 aliphatic rings. The van der Waals surface area contributed by atoms with E-state index in [2.05, 4.69) is 29.3 Å². The molecular weight excluding hydrogens is 314 g/mol. The Hall–Kier alpha value is -2.04. The fourth-order valence-electron chi connectivity index (χ4n) is 3.14. The van der Waals surface area contributed by atoms with Gasteiger partial charge in [0.15, 0.2) is 0 Å². The third-order valence-electron chi connectivity index (χ3n) is 4.82. The predicted octanol–water partition coefficient (Wildman–Crippen LogP) is 3.19. The SMILES string of the molecule is CCCNC(=O)CCN(C(C)=O)c1ccc(N2CCC(C)CC2)cc1. The van der Waals surface area contributed by atoms with Crippen LogP contribution in [0.3, 0.4) is 0 Å². The summed E-state index contributed by atoms with van der Waals surface area (Å²) in [4.78, 5) is 27.8. The number of piperidine rings is 1. The van der Waals surface area contributed by atoms with Gasteiger partial charge in [0.05, 0.1) is 0 Å². The number of amides is 2. The summed E-state index contributed by atoms with van der Waals surface area (Å²) in [5.41, 5.74) is 2.06. The summed E-state index contributed by atoms with van der Waals surface area (Å²) in [5, 5.41) is 2.85. The van der Waals surface area contributed by atoms with E-state index in [4.69, 9.17) is 0 Å². The lowest BCUT2D eigenvalue weighted by molar-refractivity contribution is -0.121. The van der Waals surface area contributed by atoms with Crippen LogP contribution in [0.5, 0.6) is 0 Å². The van der Waals surface area contributed by atoms with E-state index in [-0.39, 0.29) is 11.8 Å². The fourth-order valence-corrected chi connectivity index (χ4v) is 3.14. The highest BCUT2D eigenvalue weighted by molar-refractivity contribution is 5.92. The summed E-state index contributed by atoms with van der Waals surface area (Å²) in [6, 6.07) is 8.13. The van der Waals surface area contributed by atoms with Crippen LogP contribution in [0.15, 0.2) is 24.3 Å². The van der Waals surface area contributed by atoms with Crippen LogP contribution in [0.1, 0.15) is 46.5 Å². The van der Waals surface area contributed by atoms with E-state index in [1.165, 1.54) is 18.5 Å². The Kier molecular flexibility index (Phi) is 7.29. The Labute approximate surface area is 151 Å². The van der Waals surface area contributed by atoms with Crippen molar-refractivity contribution in [3.63, 3.8) is 0 Å². The average Bonchev–Trinajstić information content (AvgIpc) is 2.61. The van der Waals surface area contributed by atoms with Gasteiger partial charge in [0, 0.05) is 50.9 Å². The molecule has 1 aliphatic heterocycles. The molecule has 0 aliphatic carbocycles. The van der Waals surface area contributed by atoms with Gasteiger partial charge in [-0.05, 0) is 49.4 Å². The molecule has 5 heteroatoms. The van der Waals surface area contributed by atoms with Crippen LogP contribution in [0.25, 0.3) is 0 Å². The third-order valence-corrected chi connectivity index (χ3v) is 4.82. The number of anilines is 2. The summed E-state index contributed by atoms with van der Waals surface area (Å²) >= 11 is 0. The normalized spacial score (nSPS) is 15.1. The van der Waals surface area contributed by atoms with Gasteiger partial charge in [0.2, 0.25) is 11.8 Å². The maximum absolute atomic E-state index is 12.0. The van der Waals surface area contributed by atoms with E-state index in [0.29, 0.717) is 19.5 Å². The largest absolute Gasteiger partial charge is 0.372 e. The molecule has 25 heavy (non-hydrogen) atoms. The second kappa shape index (κ2) is 9.44. The lowest BCUT2D eigenvalue weighted by atomic mass is 9.99. The molecule has 2 amide bonds. The van der Waals surface area contributed by atoms with Gasteiger partial charge in [-0.15, -0.1) is 0 Å². The van der Waals surface area contributed by atoms with Gasteiger partial charge in [-0.2, -0.15) is 0 Å². The Morgan fingerprint density at radius 3 is 2.40 bits per heavy atom. The number of benzene rings is 1. The van der Waals surface area contributed by atoms with Crippen LogP contribution in [0.4, 0.5) is 11.4 Å². The van der Waals surface area contributed by atoms with Gasteiger partial charge in [-0.3, -0.25) is 9.59 Å². The summed E-state index contributed by atoms with van der Waals surface area (Å²) in [5.74, 6) is 0.762. The van der Waals surface area contributed by atoms with Crippen LogP contribution < -0.4 is 15.1 Å². The molecule has 0 saturated carbocycles. The highest BCUT2D eigenvalue weighted by atomic mass is 16.2. The van der Waals surface area contributed by atoms with Crippen molar-refractivity contribution in [3.05, 3.63) is 24.3 Å². The zero-order chi connectivity index (χ0) is 18.2. The van der Waals surface area contributed by atoms with Crippen LogP contribution in [0, 0.1) is 5.92 Å². The third kappa shape index (κ3) is 5.76. The van der Waals surface area contributed by atoms with E-state index in [1.807, 2.05) is 19.1 Å². The van der Waals surface area contributed by atoms with Gasteiger partial charge in [-0.25, -0.2) is 0 Å². The number of nitrogens with one attached hydrogen (secondary N) is 1. The van der Waals surface area contributed by atoms with Crippen LogP contribution in [-0.4, -0.2) is 38.0 Å². The first-order valence-electron chi connectivity index (χ1n) is 9.41. The number of rotatable bonds is 7. The Balaban J connectivity index is 1.96. The Morgan fingerprint density at radius 1 is 1.20 bits per heavy atom. The van der Waals surface area contributed by atoms with Crippen molar-refractivity contribution >= 4 is 23.2 Å². The highest BCUT2D eigenvalue weighted by Gasteiger charge is 2.17. The maximum atomic E-state index is 12.0. The van der Waals surface area contributed by atoms with Gasteiger partial charge in [0.25, 0.3) is 0 Å². The zero-order valence-corrected chi connectivity index (χ0v) is 15.8. The van der Waals surface area contributed by atoms with Crippen molar-refractivity contribution in [2.75, 3.05) is 36.0 Å². The molecule has 1 aromatic rings. The molecule has 0 unspecified atom stereocenters. The van der Waals surface area contributed by atoms with Crippen LogP contribution in [-0.2, 0) is 9.59 Å². The first kappa shape index (κ1) is 19.3. The Morgan fingerprint density at radius 2 is 1.84 bits per heavy atom. The molecule has 2 rings (SSSR count). The molecule has 0 spiro atoms. The standard InChI is InChI=1S/C20H31N3O2/c1-4-12-21-20(25)11-15-23(17(3)24)19-7-5-18(6-8-19)22-13-9-16(2)10-14-22/h5-8,16H,4,9-15H2,1-3H3,(H,21,25). The minimum absolute atomic E-state index is 0.00726. The van der Waals surface area contributed by atoms with E-state index < -0.39 is 0 Å². The average molecular weight is 345 g/mol. The van der Waals surface area contributed by atoms with Crippen molar-refractivity contribution in [1.82, 2.24) is 5.32 Å². The first-order valence-corrected chi connectivity index (χ1v) is 9.41. The number of nitrogens with zero attached hydrogens (tertiary/aromatic N) is 2. The molecule has 0 bridgehead atoms. The van der Waals surface area contributed by atoms with Gasteiger partial charge >= 0.3 is 0 Å². The van der Waals surface area contributed by atoms with E-state index >= 15 is 0 Å². The minimum Gasteiger partial charge on any atom is -0.372 e. The van der Waals surface area contributed by atoms with Gasteiger partial charge in [0.1, 0.15) is 0 Å². The van der Waals surface area contributed by atoms with E-state index in [9.17, 15) is 9.59 Å². The molecule has 0 aromatic heterocycles. The predicted molar refractivity (Wildman–Crippen MR) is 103 cm³/mol. The van der Waals surface area contributed by atoms with Gasteiger partial charge < -0.3 is 15.1 Å². The number of carbonyl (C=O) groups is 2. The fraction of sp³-hybridized carbons (Fsp3) is 0.600. The van der Waals surface area contributed by atoms with E-state index in [1.54, 1.807) is 11.8 Å². The number of carbonyl (C=O) groups excluding carboxylic acids is 2. The highest BCUT2D eigenvalue weighted by Crippen LogP contribution is 2.25. The summed E-state index contributed by atoms with van der Waals surface area (Å²) in [6.45, 7) is 9.15. The monoisotopic (exact) mass is 345 g/mol. The minimum atomic E-state index is -0.0390. The molecule has 138 valence electrons. The maximum Gasteiger partial charge on any atom is 0.223 e. The molecule has 0 atom stereocenters. The van der Waals surface area contributed by atoms with Crippen molar-refractivity contribution in [1.29, 1.82) is 0 Å². The van der Waals surface area contributed by atoms with Crippen molar-refractivity contribution < 1.29 is 9.59 Å². The molecular formula is C20H31N3O2. The van der Waals surface area contributed by atoms with Crippen molar-refractivity contribution in [2.24, 2.45) is 5.92 Å². The lowest BCUT2D eigenvalue weighted by Crippen LogP contribution is -2.34. The summed E-state index contributed by atoms with van der Waals surface area (Å²) in [7, 11) is 0. The summed E-state index contributed by atoms with van der Waals surface area (Å²) < 4.78 is 0. The smallest absolute Gasteiger partial charge is 0.223 e. The zero-order valence-electron chi connectivity index (χ0n) is 15.8. The lowest BCUT2D eigenvalue weighted by Gasteiger charge is -2.32. The molecule has 1 aromatic carbocycles. The number of hydrogen-bond donors (Lipinski definition) is 1. The molecule has 1 fully saturated rings. The van der Waals surface area contributed by atoms with E-state index in [0.717, 1.165) is 31.1 Å². The van der Waals surface area contributed by atoms with Gasteiger partial charge in [-0.1, -0.05) is 13.8 Å². The summed E-state index contributed by atoms with van der Waals surface area (Å²) in [6.07, 6.45) is 3.70. The second-order valence-electron chi connectivity index (χ2n) is 6.96. The quantitative estimate of drug-likeness (QED) is 0.826. The molecule has 0 radical (unpaired) electrons. The molecule has 1 N–H and O–H groups in total. The Bertz CT molecular complexity index is 563.